The maximum Gasteiger partial charge on any atom is 0.340 e. The lowest BCUT2D eigenvalue weighted by Gasteiger charge is -2.28. The normalized spacial score (nSPS) is 13.4. The Kier molecular flexibility index (Phi) is 7.72. The molecule has 1 fully saturated rings. The number of methoxy groups -OCH3 is 2. The summed E-state index contributed by atoms with van der Waals surface area (Å²) >= 11 is 5.98. The molecule has 0 spiro atoms. The quantitative estimate of drug-likeness (QED) is 0.564. The van der Waals surface area contributed by atoms with Gasteiger partial charge < -0.3 is 14.8 Å². The molecule has 0 bridgehead atoms. The summed E-state index contributed by atoms with van der Waals surface area (Å²) < 4.78 is 9.80. The Morgan fingerprint density at radius 2 is 1.81 bits per heavy atom. The molecule has 0 aromatic heterocycles. The third-order valence-corrected chi connectivity index (χ3v) is 4.44. The number of hydrogen-bond acceptors (Lipinski definition) is 5. The molecule has 27 heavy (non-hydrogen) atoms. The van der Waals surface area contributed by atoms with Crippen LogP contribution in [0.1, 0.15) is 32.1 Å². The highest BCUT2D eigenvalue weighted by molar-refractivity contribution is 6.31. The van der Waals surface area contributed by atoms with E-state index in [0.717, 1.165) is 0 Å². The number of urea groups is 1. The monoisotopic (exact) mass is 397 g/mol. The van der Waals surface area contributed by atoms with Gasteiger partial charge in [0.05, 0.1) is 19.9 Å². The van der Waals surface area contributed by atoms with Crippen molar-refractivity contribution in [1.82, 2.24) is 10.0 Å². The lowest BCUT2D eigenvalue weighted by Crippen LogP contribution is -2.46. The Balaban J connectivity index is 1.93. The van der Waals surface area contributed by atoms with Gasteiger partial charge >= 0.3 is 12.0 Å². The summed E-state index contributed by atoms with van der Waals surface area (Å²) in [5.41, 5.74) is 0.437. The summed E-state index contributed by atoms with van der Waals surface area (Å²) in [6.07, 6.45) is 2.37. The van der Waals surface area contributed by atoms with E-state index in [4.69, 9.17) is 16.3 Å². The van der Waals surface area contributed by atoms with Crippen LogP contribution in [0.15, 0.2) is 18.2 Å². The molecule has 1 aliphatic rings. The first kappa shape index (κ1) is 20.8. The van der Waals surface area contributed by atoms with Crippen molar-refractivity contribution in [2.45, 2.75) is 32.1 Å². The number of carbonyl (C=O) groups is 3. The highest BCUT2D eigenvalue weighted by Crippen LogP contribution is 2.28. The maximum atomic E-state index is 12.6. The highest BCUT2D eigenvalue weighted by atomic mass is 35.5. The van der Waals surface area contributed by atoms with Gasteiger partial charge in [0.25, 0.3) is 0 Å². The number of nitrogens with zero attached hydrogens (tertiary/aromatic N) is 2. The largest absolute Gasteiger partial charge is 0.495 e. The molecule has 9 heteroatoms. The molecular weight excluding hydrogens is 374 g/mol. The molecule has 1 aromatic rings. The molecule has 0 radical (unpaired) electrons. The number of carbonyl (C=O) groups excluding carboxylic acids is 3. The van der Waals surface area contributed by atoms with Crippen LogP contribution in [0.5, 0.6) is 5.75 Å². The minimum atomic E-state index is -0.420. The first-order valence-electron chi connectivity index (χ1n) is 8.75. The third-order valence-electron chi connectivity index (χ3n) is 4.21. The zero-order valence-corrected chi connectivity index (χ0v) is 16.3. The summed E-state index contributed by atoms with van der Waals surface area (Å²) in [7, 11) is 2.84. The summed E-state index contributed by atoms with van der Waals surface area (Å²) in [5, 5.41) is 6.05. The average molecular weight is 398 g/mol. The van der Waals surface area contributed by atoms with Crippen molar-refractivity contribution in [2.24, 2.45) is 0 Å². The van der Waals surface area contributed by atoms with Crippen molar-refractivity contribution in [1.29, 1.82) is 0 Å². The fourth-order valence-corrected chi connectivity index (χ4v) is 2.99. The van der Waals surface area contributed by atoms with E-state index in [9.17, 15) is 14.4 Å². The van der Waals surface area contributed by atoms with Gasteiger partial charge in [-0.05, 0) is 37.5 Å². The van der Waals surface area contributed by atoms with E-state index in [-0.39, 0.29) is 24.7 Å². The first-order chi connectivity index (χ1) is 13.0. The van der Waals surface area contributed by atoms with E-state index in [0.29, 0.717) is 48.8 Å². The number of halogens is 1. The van der Waals surface area contributed by atoms with Crippen LogP contribution in [-0.2, 0) is 14.3 Å². The van der Waals surface area contributed by atoms with Crippen molar-refractivity contribution in [2.75, 3.05) is 32.6 Å². The second kappa shape index (κ2) is 10.0. The van der Waals surface area contributed by atoms with Gasteiger partial charge in [0.2, 0.25) is 5.91 Å². The van der Waals surface area contributed by atoms with E-state index in [1.54, 1.807) is 18.2 Å². The van der Waals surface area contributed by atoms with Crippen LogP contribution in [0.2, 0.25) is 5.02 Å². The van der Waals surface area contributed by atoms with Crippen LogP contribution in [0.4, 0.5) is 10.5 Å². The highest BCUT2D eigenvalue weighted by Gasteiger charge is 2.30. The van der Waals surface area contributed by atoms with Crippen molar-refractivity contribution >= 4 is 35.2 Å². The summed E-state index contributed by atoms with van der Waals surface area (Å²) in [6.45, 7) is 0.929. The van der Waals surface area contributed by atoms with Gasteiger partial charge in [-0.2, -0.15) is 0 Å². The van der Waals surface area contributed by atoms with Gasteiger partial charge in [0.15, 0.2) is 0 Å². The van der Waals surface area contributed by atoms with Crippen molar-refractivity contribution in [3.05, 3.63) is 23.2 Å². The standard InChI is InChI=1S/C18H24ClN3O5/c1-26-15-9-8-13(19)12-14(15)20-18(25)22-11-5-10-21(22)16(23)6-3-4-7-17(24)27-2/h8-9,12H,3-7,10-11H2,1-2H3,(H,20,25). The number of nitrogens with one attached hydrogen (secondary N) is 1. The number of ether oxygens (including phenoxy) is 2. The van der Waals surface area contributed by atoms with Crippen LogP contribution in [0.25, 0.3) is 0 Å². The number of esters is 1. The molecule has 1 aromatic carbocycles. The molecule has 1 N–H and O–H groups in total. The molecule has 1 aliphatic heterocycles. The van der Waals surface area contributed by atoms with Gasteiger partial charge in [-0.1, -0.05) is 11.6 Å². The summed E-state index contributed by atoms with van der Waals surface area (Å²) in [6, 6.07) is 4.49. The molecule has 2 rings (SSSR count). The third kappa shape index (κ3) is 5.75. The molecular formula is C18H24ClN3O5. The Bertz CT molecular complexity index is 698. The SMILES string of the molecule is COC(=O)CCCCC(=O)N1CCCN1C(=O)Nc1cc(Cl)ccc1OC. The molecule has 0 unspecified atom stereocenters. The van der Waals surface area contributed by atoms with E-state index in [2.05, 4.69) is 10.1 Å². The van der Waals surface area contributed by atoms with E-state index < -0.39 is 6.03 Å². The lowest BCUT2D eigenvalue weighted by atomic mass is 10.2. The fourth-order valence-electron chi connectivity index (χ4n) is 2.82. The van der Waals surface area contributed by atoms with Gasteiger partial charge in [-0.3, -0.25) is 14.6 Å². The number of anilines is 1. The maximum absolute atomic E-state index is 12.6. The molecule has 0 aliphatic carbocycles. The Morgan fingerprint density at radius 3 is 2.52 bits per heavy atom. The van der Waals surface area contributed by atoms with E-state index in [1.807, 2.05) is 0 Å². The first-order valence-corrected chi connectivity index (χ1v) is 9.13. The average Bonchev–Trinajstić information content (AvgIpc) is 3.15. The second-order valence-corrected chi connectivity index (χ2v) is 6.49. The van der Waals surface area contributed by atoms with Crippen molar-refractivity contribution < 1.29 is 23.9 Å². The Hall–Kier alpha value is -2.48. The molecule has 1 saturated heterocycles. The molecule has 8 nitrogen and oxygen atoms in total. The molecule has 0 atom stereocenters. The Morgan fingerprint density at radius 1 is 1.11 bits per heavy atom. The predicted octanol–water partition coefficient (Wildman–Crippen LogP) is 3.06. The second-order valence-electron chi connectivity index (χ2n) is 6.05. The zero-order valence-electron chi connectivity index (χ0n) is 15.5. The van der Waals surface area contributed by atoms with Crippen LogP contribution >= 0.6 is 11.6 Å². The zero-order chi connectivity index (χ0) is 19.8. The van der Waals surface area contributed by atoms with Gasteiger partial charge in [-0.15, -0.1) is 0 Å². The van der Waals surface area contributed by atoms with Crippen LogP contribution in [0.3, 0.4) is 0 Å². The molecule has 0 saturated carbocycles. The van der Waals surface area contributed by atoms with Crippen molar-refractivity contribution in [3.8, 4) is 5.75 Å². The minimum Gasteiger partial charge on any atom is -0.495 e. The Labute approximate surface area is 163 Å². The number of hydrogen-bond donors (Lipinski definition) is 1. The van der Waals surface area contributed by atoms with Gasteiger partial charge in [-0.25, -0.2) is 9.80 Å². The number of hydrazine groups is 1. The van der Waals surface area contributed by atoms with Crippen LogP contribution in [-0.4, -0.2) is 55.2 Å². The fraction of sp³-hybridized carbons (Fsp3) is 0.500. The number of rotatable bonds is 7. The number of amides is 3. The van der Waals surface area contributed by atoms with Gasteiger partial charge in [0, 0.05) is 31.0 Å². The minimum absolute atomic E-state index is 0.148. The number of unbranched alkanes of at least 4 members (excludes halogenated alkanes) is 1. The predicted molar refractivity (Wildman–Crippen MR) is 101 cm³/mol. The van der Waals surface area contributed by atoms with Crippen molar-refractivity contribution in [3.63, 3.8) is 0 Å². The van der Waals surface area contributed by atoms with Gasteiger partial charge in [0.1, 0.15) is 5.75 Å². The lowest BCUT2D eigenvalue weighted by molar-refractivity contribution is -0.142. The summed E-state index contributed by atoms with van der Waals surface area (Å²) in [4.78, 5) is 36.2. The molecule has 148 valence electrons. The smallest absolute Gasteiger partial charge is 0.340 e. The van der Waals surface area contributed by atoms with E-state index in [1.165, 1.54) is 24.2 Å². The topological polar surface area (TPSA) is 88.2 Å². The van der Waals surface area contributed by atoms with Crippen LogP contribution < -0.4 is 10.1 Å². The number of benzene rings is 1. The summed E-state index contributed by atoms with van der Waals surface area (Å²) in [5.74, 6) is 0.0401. The molecule has 1 heterocycles. The van der Waals surface area contributed by atoms with Crippen LogP contribution in [0, 0.1) is 0 Å². The van der Waals surface area contributed by atoms with E-state index >= 15 is 0 Å². The molecule has 3 amide bonds.